The van der Waals surface area contributed by atoms with Gasteiger partial charge >= 0.3 is 5.97 Å². The van der Waals surface area contributed by atoms with Gasteiger partial charge in [0.25, 0.3) is 0 Å². The molecule has 0 aliphatic rings. The van der Waals surface area contributed by atoms with Gasteiger partial charge in [-0.2, -0.15) is 0 Å². The van der Waals surface area contributed by atoms with Crippen LogP contribution in [-0.4, -0.2) is 23.7 Å². The Bertz CT molecular complexity index is 1290. The summed E-state index contributed by atoms with van der Waals surface area (Å²) in [5, 5.41) is 8.79. The molecule has 5 heteroatoms. The Morgan fingerprint density at radius 1 is 0.735 bits per heavy atom. The lowest BCUT2D eigenvalue weighted by molar-refractivity contribution is -0.128. The predicted molar refractivity (Wildman–Crippen MR) is 131 cm³/mol. The molecule has 34 heavy (non-hydrogen) atoms. The molecule has 4 aromatic carbocycles. The number of hydrogen-bond donors (Lipinski definition) is 1. The lowest BCUT2D eigenvalue weighted by Gasteiger charge is -2.08. The van der Waals surface area contributed by atoms with Gasteiger partial charge < -0.3 is 14.6 Å². The Morgan fingerprint density at radius 3 is 2.03 bits per heavy atom. The van der Waals surface area contributed by atoms with Crippen molar-refractivity contribution in [3.63, 3.8) is 0 Å². The minimum atomic E-state index is -0.492. The zero-order valence-electron chi connectivity index (χ0n) is 18.3. The number of aliphatic hydroxyl groups is 1. The summed E-state index contributed by atoms with van der Waals surface area (Å²) in [6.07, 6.45) is 3.00. The second kappa shape index (κ2) is 10.9. The van der Waals surface area contributed by atoms with Crippen LogP contribution in [0.3, 0.4) is 0 Å². The van der Waals surface area contributed by atoms with Gasteiger partial charge in [0.05, 0.1) is 0 Å². The molecule has 0 amide bonds. The highest BCUT2D eigenvalue weighted by molar-refractivity contribution is 6.09. The van der Waals surface area contributed by atoms with Crippen LogP contribution in [0.2, 0.25) is 0 Å². The average Bonchev–Trinajstić information content (AvgIpc) is 2.89. The number of para-hydroxylation sites is 1. The smallest absolute Gasteiger partial charge is 0.336 e. The van der Waals surface area contributed by atoms with Gasteiger partial charge in [0.1, 0.15) is 11.5 Å². The summed E-state index contributed by atoms with van der Waals surface area (Å²) < 4.78 is 10.5. The van der Waals surface area contributed by atoms with Gasteiger partial charge in [-0.3, -0.25) is 4.79 Å². The summed E-state index contributed by atoms with van der Waals surface area (Å²) >= 11 is 0. The van der Waals surface area contributed by atoms with Crippen molar-refractivity contribution in [2.24, 2.45) is 0 Å². The molecular formula is C29H22O5. The molecule has 1 N–H and O–H groups in total. The molecule has 4 aromatic rings. The van der Waals surface area contributed by atoms with Crippen LogP contribution in [0.5, 0.6) is 11.5 Å². The fourth-order valence-electron chi connectivity index (χ4n) is 3.41. The van der Waals surface area contributed by atoms with E-state index in [0.29, 0.717) is 22.6 Å². The van der Waals surface area contributed by atoms with Crippen molar-refractivity contribution in [2.45, 2.75) is 0 Å². The van der Waals surface area contributed by atoms with Crippen molar-refractivity contribution in [2.75, 3.05) is 6.79 Å². The molecule has 0 atom stereocenters. The Morgan fingerprint density at radius 2 is 1.35 bits per heavy atom. The average molecular weight is 450 g/mol. The second-order valence-corrected chi connectivity index (χ2v) is 7.37. The first-order valence-corrected chi connectivity index (χ1v) is 10.7. The standard InChI is InChI=1S/C29H22O5/c30-20-33-25-17-15-24(16-18-25)29(32)23-13-10-21(11-14-23)12-19-28(31)34-27-9-5-4-8-26(27)22-6-2-1-3-7-22/h1-19,30H,20H2. The van der Waals surface area contributed by atoms with E-state index in [1.807, 2.05) is 48.5 Å². The number of benzene rings is 4. The van der Waals surface area contributed by atoms with Crippen LogP contribution in [0.15, 0.2) is 109 Å². The molecule has 0 unspecified atom stereocenters. The van der Waals surface area contributed by atoms with Crippen molar-refractivity contribution < 1.29 is 24.2 Å². The van der Waals surface area contributed by atoms with Crippen LogP contribution in [0, 0.1) is 0 Å². The van der Waals surface area contributed by atoms with Crippen LogP contribution in [-0.2, 0) is 4.79 Å². The minimum Gasteiger partial charge on any atom is -0.468 e. The first-order valence-electron chi connectivity index (χ1n) is 10.7. The molecule has 0 spiro atoms. The van der Waals surface area contributed by atoms with E-state index in [-0.39, 0.29) is 5.78 Å². The maximum absolute atomic E-state index is 12.7. The highest BCUT2D eigenvalue weighted by Gasteiger charge is 2.10. The first kappa shape index (κ1) is 22.7. The molecule has 0 fully saturated rings. The molecule has 0 saturated heterocycles. The molecular weight excluding hydrogens is 428 g/mol. The molecule has 0 saturated carbocycles. The van der Waals surface area contributed by atoms with Gasteiger partial charge in [0.2, 0.25) is 0 Å². The largest absolute Gasteiger partial charge is 0.468 e. The number of ketones is 1. The summed E-state index contributed by atoms with van der Waals surface area (Å²) in [5.74, 6) is 0.342. The maximum Gasteiger partial charge on any atom is 0.336 e. The number of esters is 1. The normalized spacial score (nSPS) is 10.7. The van der Waals surface area contributed by atoms with Gasteiger partial charge in [-0.05, 0) is 47.5 Å². The number of hydrogen-bond acceptors (Lipinski definition) is 5. The van der Waals surface area contributed by atoms with E-state index < -0.39 is 12.8 Å². The van der Waals surface area contributed by atoms with Gasteiger partial charge in [-0.1, -0.05) is 72.8 Å². The van der Waals surface area contributed by atoms with E-state index in [1.165, 1.54) is 6.08 Å². The van der Waals surface area contributed by atoms with Crippen LogP contribution in [0.1, 0.15) is 21.5 Å². The second-order valence-electron chi connectivity index (χ2n) is 7.37. The maximum atomic E-state index is 12.7. The number of carbonyl (C=O) groups is 2. The lowest BCUT2D eigenvalue weighted by atomic mass is 10.0. The molecule has 0 aliphatic heterocycles. The number of aliphatic hydroxyl groups excluding tert-OH is 1. The van der Waals surface area contributed by atoms with Crippen LogP contribution in [0.25, 0.3) is 17.2 Å². The monoisotopic (exact) mass is 450 g/mol. The first-order chi connectivity index (χ1) is 16.6. The molecule has 0 heterocycles. The summed E-state index contributed by atoms with van der Waals surface area (Å²) in [7, 11) is 0. The number of rotatable bonds is 8. The van der Waals surface area contributed by atoms with E-state index in [0.717, 1.165) is 16.7 Å². The zero-order chi connectivity index (χ0) is 23.8. The van der Waals surface area contributed by atoms with Crippen molar-refractivity contribution in [3.05, 3.63) is 126 Å². The van der Waals surface area contributed by atoms with E-state index in [2.05, 4.69) is 0 Å². The molecule has 4 rings (SSSR count). The highest BCUT2D eigenvalue weighted by Crippen LogP contribution is 2.29. The van der Waals surface area contributed by atoms with Gasteiger partial charge in [-0.15, -0.1) is 0 Å². The highest BCUT2D eigenvalue weighted by atomic mass is 16.6. The molecule has 0 bridgehead atoms. The van der Waals surface area contributed by atoms with Crippen molar-refractivity contribution in [1.82, 2.24) is 0 Å². The quantitative estimate of drug-likeness (QED) is 0.126. The summed E-state index contributed by atoms with van der Waals surface area (Å²) in [6.45, 7) is -0.421. The summed E-state index contributed by atoms with van der Waals surface area (Å²) in [6, 6.07) is 30.6. The van der Waals surface area contributed by atoms with Crippen LogP contribution >= 0.6 is 0 Å². The van der Waals surface area contributed by atoms with Crippen LogP contribution < -0.4 is 9.47 Å². The van der Waals surface area contributed by atoms with Gasteiger partial charge in [0, 0.05) is 22.8 Å². The molecule has 168 valence electrons. The van der Waals surface area contributed by atoms with Gasteiger partial charge in [-0.25, -0.2) is 4.79 Å². The Hall–Kier alpha value is -4.48. The van der Waals surface area contributed by atoms with Crippen LogP contribution in [0.4, 0.5) is 0 Å². The van der Waals surface area contributed by atoms with Crippen molar-refractivity contribution >= 4 is 17.8 Å². The Balaban J connectivity index is 1.41. The molecule has 0 radical (unpaired) electrons. The SMILES string of the molecule is O=C(C=Cc1ccc(C(=O)c2ccc(OCO)cc2)cc1)Oc1ccccc1-c1ccccc1. The predicted octanol–water partition coefficient (Wildman–Crippen LogP) is 5.53. The van der Waals surface area contributed by atoms with E-state index in [4.69, 9.17) is 14.6 Å². The fraction of sp³-hybridized carbons (Fsp3) is 0.0345. The fourth-order valence-corrected chi connectivity index (χ4v) is 3.41. The summed E-state index contributed by atoms with van der Waals surface area (Å²) in [4.78, 5) is 25.1. The number of carbonyl (C=O) groups excluding carboxylic acids is 2. The van der Waals surface area contributed by atoms with Crippen molar-refractivity contribution in [3.8, 4) is 22.6 Å². The van der Waals surface area contributed by atoms with E-state index in [9.17, 15) is 9.59 Å². The number of ether oxygens (including phenoxy) is 2. The zero-order valence-corrected chi connectivity index (χ0v) is 18.3. The molecule has 0 aromatic heterocycles. The molecule has 5 nitrogen and oxygen atoms in total. The third kappa shape index (κ3) is 5.65. The Labute approximate surface area is 197 Å². The Kier molecular flexibility index (Phi) is 7.28. The third-order valence-corrected chi connectivity index (χ3v) is 5.11. The van der Waals surface area contributed by atoms with Gasteiger partial charge in [0.15, 0.2) is 12.6 Å². The van der Waals surface area contributed by atoms with Crippen molar-refractivity contribution in [1.29, 1.82) is 0 Å². The molecule has 0 aliphatic carbocycles. The third-order valence-electron chi connectivity index (χ3n) is 5.11. The summed E-state index contributed by atoms with van der Waals surface area (Å²) in [5.41, 5.74) is 3.59. The lowest BCUT2D eigenvalue weighted by Crippen LogP contribution is -2.04. The van der Waals surface area contributed by atoms with E-state index >= 15 is 0 Å². The van der Waals surface area contributed by atoms with E-state index in [1.54, 1.807) is 60.7 Å². The topological polar surface area (TPSA) is 72.8 Å². The minimum absolute atomic E-state index is 0.136.